The fourth-order valence-corrected chi connectivity index (χ4v) is 3.93. The van der Waals surface area contributed by atoms with E-state index in [4.69, 9.17) is 9.15 Å². The number of carbonyl (C=O) groups excluding carboxylic acids is 1. The van der Waals surface area contributed by atoms with Gasteiger partial charge >= 0.3 is 0 Å². The molecule has 1 aliphatic carbocycles. The topological polar surface area (TPSA) is 77.2 Å². The van der Waals surface area contributed by atoms with Gasteiger partial charge in [0.25, 0.3) is 5.22 Å². The maximum Gasteiger partial charge on any atom is 0.277 e. The molecule has 1 atom stereocenters. The Morgan fingerprint density at radius 2 is 1.93 bits per heavy atom. The molecule has 146 valence electrons. The smallest absolute Gasteiger partial charge is 0.277 e. The number of methoxy groups -OCH3 is 1. The third kappa shape index (κ3) is 5.99. The molecule has 0 bridgehead atoms. The largest absolute Gasteiger partial charge is 0.497 e. The molecule has 1 fully saturated rings. The van der Waals surface area contributed by atoms with Gasteiger partial charge in [-0.05, 0) is 37.5 Å². The molecular weight excluding hydrogens is 362 g/mol. The minimum atomic E-state index is -0.262. The molecule has 27 heavy (non-hydrogen) atoms. The van der Waals surface area contributed by atoms with Gasteiger partial charge in [0.2, 0.25) is 11.8 Å². The Balaban J connectivity index is 1.50. The number of thioether (sulfide) groups is 1. The van der Waals surface area contributed by atoms with Gasteiger partial charge in [0.1, 0.15) is 5.75 Å². The van der Waals surface area contributed by atoms with Crippen LogP contribution in [0.5, 0.6) is 5.75 Å². The van der Waals surface area contributed by atoms with Crippen LogP contribution < -0.4 is 10.1 Å². The van der Waals surface area contributed by atoms with Crippen LogP contribution in [0.4, 0.5) is 0 Å². The van der Waals surface area contributed by atoms with E-state index < -0.39 is 0 Å². The van der Waals surface area contributed by atoms with Crippen LogP contribution in [-0.4, -0.2) is 34.5 Å². The summed E-state index contributed by atoms with van der Waals surface area (Å²) < 4.78 is 10.9. The summed E-state index contributed by atoms with van der Waals surface area (Å²) in [6, 6.07) is 8.05. The van der Waals surface area contributed by atoms with Crippen molar-refractivity contribution in [2.75, 3.05) is 7.11 Å². The summed E-state index contributed by atoms with van der Waals surface area (Å²) in [5.74, 6) is 1.40. The monoisotopic (exact) mass is 389 g/mol. The van der Waals surface area contributed by atoms with Crippen molar-refractivity contribution in [2.24, 2.45) is 0 Å². The predicted molar refractivity (Wildman–Crippen MR) is 105 cm³/mol. The first-order valence-electron chi connectivity index (χ1n) is 9.56. The second-order valence-corrected chi connectivity index (χ2v) is 8.24. The highest BCUT2D eigenvalue weighted by molar-refractivity contribution is 8.00. The molecule has 1 saturated carbocycles. The van der Waals surface area contributed by atoms with Crippen molar-refractivity contribution >= 4 is 17.7 Å². The molecule has 7 heteroatoms. The third-order valence-electron chi connectivity index (χ3n) is 4.81. The Kier molecular flexibility index (Phi) is 7.15. The Labute approximate surface area is 164 Å². The molecule has 1 heterocycles. The number of amides is 1. The van der Waals surface area contributed by atoms with Crippen molar-refractivity contribution in [2.45, 2.75) is 68.4 Å². The minimum absolute atomic E-state index is 0.0433. The normalized spacial score (nSPS) is 16.5. The van der Waals surface area contributed by atoms with Crippen LogP contribution in [-0.2, 0) is 11.2 Å². The molecule has 1 aromatic heterocycles. The van der Waals surface area contributed by atoms with E-state index in [9.17, 15) is 4.79 Å². The highest BCUT2D eigenvalue weighted by atomic mass is 32.2. The van der Waals surface area contributed by atoms with Crippen LogP contribution in [0.15, 0.2) is 33.9 Å². The second-order valence-electron chi connectivity index (χ2n) is 6.94. The summed E-state index contributed by atoms with van der Waals surface area (Å²) in [5.41, 5.74) is 1.06. The molecule has 0 aliphatic heterocycles. The van der Waals surface area contributed by atoms with E-state index in [2.05, 4.69) is 15.5 Å². The van der Waals surface area contributed by atoms with Crippen molar-refractivity contribution in [3.63, 3.8) is 0 Å². The average molecular weight is 390 g/mol. The van der Waals surface area contributed by atoms with Gasteiger partial charge in [-0.3, -0.25) is 4.79 Å². The van der Waals surface area contributed by atoms with Crippen LogP contribution in [0, 0.1) is 0 Å². The van der Waals surface area contributed by atoms with E-state index >= 15 is 0 Å². The Morgan fingerprint density at radius 1 is 1.22 bits per heavy atom. The van der Waals surface area contributed by atoms with Crippen LogP contribution in [0.1, 0.15) is 56.9 Å². The summed E-state index contributed by atoms with van der Waals surface area (Å²) in [5, 5.41) is 11.5. The lowest BCUT2D eigenvalue weighted by Crippen LogP contribution is -2.39. The van der Waals surface area contributed by atoms with Crippen molar-refractivity contribution in [3.8, 4) is 5.75 Å². The molecule has 0 unspecified atom stereocenters. The molecule has 2 aromatic rings. The lowest BCUT2D eigenvalue weighted by atomic mass is 10.1. The molecule has 3 rings (SSSR count). The Hall–Kier alpha value is -2.02. The van der Waals surface area contributed by atoms with Crippen LogP contribution in [0.25, 0.3) is 0 Å². The number of carbonyl (C=O) groups is 1. The number of hydrogen-bond acceptors (Lipinski definition) is 6. The zero-order valence-electron chi connectivity index (χ0n) is 15.9. The van der Waals surface area contributed by atoms with E-state index in [1.807, 2.05) is 31.2 Å². The lowest BCUT2D eigenvalue weighted by Gasteiger charge is -2.18. The maximum absolute atomic E-state index is 12.5. The summed E-state index contributed by atoms with van der Waals surface area (Å²) >= 11 is 1.31. The number of aromatic nitrogens is 2. The number of nitrogens with one attached hydrogen (secondary N) is 1. The molecule has 0 saturated heterocycles. The number of hydrogen-bond donors (Lipinski definition) is 1. The zero-order chi connectivity index (χ0) is 19.1. The molecule has 0 radical (unpaired) electrons. The van der Waals surface area contributed by atoms with Crippen molar-refractivity contribution in [3.05, 3.63) is 35.7 Å². The first-order chi connectivity index (χ1) is 13.1. The zero-order valence-corrected chi connectivity index (χ0v) is 16.8. The van der Waals surface area contributed by atoms with Crippen LogP contribution >= 0.6 is 11.8 Å². The Morgan fingerprint density at radius 3 is 2.59 bits per heavy atom. The fraction of sp³-hybridized carbons (Fsp3) is 0.550. The number of benzene rings is 1. The third-order valence-corrected chi connectivity index (χ3v) is 5.75. The lowest BCUT2D eigenvalue weighted by molar-refractivity contribution is -0.121. The van der Waals surface area contributed by atoms with E-state index in [0.29, 0.717) is 23.6 Å². The number of ether oxygens (including phenoxy) is 1. The molecule has 1 aromatic carbocycles. The van der Waals surface area contributed by atoms with Crippen LogP contribution in [0.2, 0.25) is 0 Å². The van der Waals surface area contributed by atoms with Gasteiger partial charge in [-0.2, -0.15) is 0 Å². The summed E-state index contributed by atoms with van der Waals surface area (Å²) in [7, 11) is 1.64. The second kappa shape index (κ2) is 9.78. The molecule has 1 amide bonds. The van der Waals surface area contributed by atoms with Crippen molar-refractivity contribution < 1.29 is 13.9 Å². The van der Waals surface area contributed by atoms with Gasteiger partial charge in [0.05, 0.1) is 18.8 Å². The predicted octanol–water partition coefficient (Wildman–Crippen LogP) is 3.99. The summed E-state index contributed by atoms with van der Waals surface area (Å²) in [6.45, 7) is 1.88. The van der Waals surface area contributed by atoms with E-state index in [0.717, 1.165) is 24.2 Å². The van der Waals surface area contributed by atoms with Gasteiger partial charge in [0.15, 0.2) is 0 Å². The highest BCUT2D eigenvalue weighted by Crippen LogP contribution is 2.24. The van der Waals surface area contributed by atoms with Crippen LogP contribution in [0.3, 0.4) is 0 Å². The first-order valence-corrected chi connectivity index (χ1v) is 10.4. The minimum Gasteiger partial charge on any atom is -0.497 e. The molecule has 1 aliphatic rings. The van der Waals surface area contributed by atoms with Crippen molar-refractivity contribution in [1.29, 1.82) is 0 Å². The summed E-state index contributed by atoms with van der Waals surface area (Å²) in [6.07, 6.45) is 7.66. The van der Waals surface area contributed by atoms with Gasteiger partial charge in [-0.15, -0.1) is 10.2 Å². The summed E-state index contributed by atoms with van der Waals surface area (Å²) in [4.78, 5) is 12.5. The number of nitrogens with zero attached hydrogens (tertiary/aromatic N) is 2. The average Bonchev–Trinajstić information content (AvgIpc) is 2.95. The maximum atomic E-state index is 12.5. The van der Waals surface area contributed by atoms with E-state index in [1.54, 1.807) is 7.11 Å². The molecule has 0 spiro atoms. The first kappa shape index (κ1) is 19.7. The quantitative estimate of drug-likeness (QED) is 0.570. The van der Waals surface area contributed by atoms with Gasteiger partial charge in [0, 0.05) is 6.04 Å². The molecule has 1 N–H and O–H groups in total. The molecular formula is C20H27N3O3S. The standard InChI is InChI=1S/C20H27N3O3S/c1-14(19(24)21-16-7-5-3-4-6-8-16)27-20-23-22-18(26-20)13-15-9-11-17(25-2)12-10-15/h9-12,14,16H,3-8,13H2,1-2H3,(H,21,24)/t14-/m1/s1. The fourth-order valence-electron chi connectivity index (χ4n) is 3.22. The van der Waals surface area contributed by atoms with Gasteiger partial charge < -0.3 is 14.5 Å². The van der Waals surface area contributed by atoms with Crippen molar-refractivity contribution in [1.82, 2.24) is 15.5 Å². The van der Waals surface area contributed by atoms with Gasteiger partial charge in [-0.25, -0.2) is 0 Å². The Bertz CT molecular complexity index is 724. The number of rotatable bonds is 7. The van der Waals surface area contributed by atoms with Gasteiger partial charge in [-0.1, -0.05) is 49.6 Å². The van der Waals surface area contributed by atoms with E-state index in [1.165, 1.54) is 37.4 Å². The molecule has 6 nitrogen and oxygen atoms in total. The SMILES string of the molecule is COc1ccc(Cc2nnc(S[C@H](C)C(=O)NC3CCCCCC3)o2)cc1. The van der Waals surface area contributed by atoms with E-state index in [-0.39, 0.29) is 11.2 Å². The highest BCUT2D eigenvalue weighted by Gasteiger charge is 2.22.